The molecule has 1 aromatic rings. The largest absolute Gasteiger partial charge is 0.454 e. The van der Waals surface area contributed by atoms with Gasteiger partial charge in [0.2, 0.25) is 6.79 Å². The number of ether oxygens (including phenoxy) is 2. The van der Waals surface area contributed by atoms with Gasteiger partial charge in [0.15, 0.2) is 11.5 Å². The zero-order valence-electron chi connectivity index (χ0n) is 11.1. The minimum atomic E-state index is -0.255. The lowest BCUT2D eigenvalue weighted by molar-refractivity contribution is -0.132. The van der Waals surface area contributed by atoms with Gasteiger partial charge >= 0.3 is 0 Å². The summed E-state index contributed by atoms with van der Waals surface area (Å²) < 4.78 is 10.5. The number of nitrogens with one attached hydrogen (secondary N) is 1. The molecular weight excluding hydrogens is 258 g/mol. The van der Waals surface area contributed by atoms with Gasteiger partial charge in [0.25, 0.3) is 5.91 Å². The van der Waals surface area contributed by atoms with Crippen LogP contribution in [0.25, 0.3) is 6.08 Å². The molecule has 106 valence electrons. The molecule has 1 aromatic carbocycles. The molecule has 0 spiro atoms. The van der Waals surface area contributed by atoms with Gasteiger partial charge in [0.05, 0.1) is 6.10 Å². The molecule has 0 unspecified atom stereocenters. The van der Waals surface area contributed by atoms with Crippen LogP contribution < -0.4 is 15.0 Å². The Kier molecular flexibility index (Phi) is 3.87. The Bertz CT molecular complexity index is 521. The molecule has 1 saturated carbocycles. The zero-order valence-corrected chi connectivity index (χ0v) is 11.1. The molecule has 0 saturated heterocycles. The Morgan fingerprint density at radius 2 is 2.05 bits per heavy atom. The molecule has 5 nitrogen and oxygen atoms in total. The Morgan fingerprint density at radius 3 is 2.90 bits per heavy atom. The maximum Gasteiger partial charge on any atom is 0.267 e. The highest BCUT2D eigenvalue weighted by Crippen LogP contribution is 2.32. The summed E-state index contributed by atoms with van der Waals surface area (Å²) in [7, 11) is 0. The van der Waals surface area contributed by atoms with Crippen LogP contribution in [-0.2, 0) is 9.63 Å². The van der Waals surface area contributed by atoms with Crippen LogP contribution in [0.2, 0.25) is 0 Å². The summed E-state index contributed by atoms with van der Waals surface area (Å²) in [5.41, 5.74) is 3.35. The lowest BCUT2D eigenvalue weighted by Crippen LogP contribution is -2.26. The van der Waals surface area contributed by atoms with E-state index < -0.39 is 0 Å². The molecule has 0 atom stereocenters. The highest BCUT2D eigenvalue weighted by molar-refractivity contribution is 5.91. The first-order chi connectivity index (χ1) is 9.81. The summed E-state index contributed by atoms with van der Waals surface area (Å²) in [4.78, 5) is 17.0. The van der Waals surface area contributed by atoms with Gasteiger partial charge in [-0.15, -0.1) is 0 Å². The van der Waals surface area contributed by atoms with Crippen molar-refractivity contribution in [3.05, 3.63) is 29.8 Å². The Hall–Kier alpha value is -2.01. The van der Waals surface area contributed by atoms with Gasteiger partial charge in [-0.2, -0.15) is 0 Å². The Balaban J connectivity index is 1.52. The second-order valence-electron chi connectivity index (χ2n) is 4.94. The molecule has 3 rings (SSSR count). The molecular formula is C15H17NO4. The predicted octanol–water partition coefficient (Wildman–Crippen LogP) is 2.42. The first kappa shape index (κ1) is 13.0. The summed E-state index contributed by atoms with van der Waals surface area (Å²) in [5, 5.41) is 0. The SMILES string of the molecule is O=C(/C=C/c1ccc2c(c1)OCO2)NOC1CCCC1. The van der Waals surface area contributed by atoms with E-state index in [9.17, 15) is 4.79 Å². The van der Waals surface area contributed by atoms with Crippen LogP contribution >= 0.6 is 0 Å². The molecule has 1 amide bonds. The first-order valence-corrected chi connectivity index (χ1v) is 6.84. The number of fused-ring (bicyclic) bond motifs is 1. The zero-order chi connectivity index (χ0) is 13.8. The summed E-state index contributed by atoms with van der Waals surface area (Å²) in [6.45, 7) is 0.248. The van der Waals surface area contributed by atoms with Gasteiger partial charge in [0, 0.05) is 6.08 Å². The minimum Gasteiger partial charge on any atom is -0.454 e. The molecule has 20 heavy (non-hydrogen) atoms. The van der Waals surface area contributed by atoms with Gasteiger partial charge in [-0.3, -0.25) is 9.63 Å². The lowest BCUT2D eigenvalue weighted by atomic mass is 10.2. The van der Waals surface area contributed by atoms with Crippen molar-refractivity contribution in [2.24, 2.45) is 0 Å². The number of amides is 1. The highest BCUT2D eigenvalue weighted by Gasteiger charge is 2.16. The van der Waals surface area contributed by atoms with Crippen LogP contribution in [0.3, 0.4) is 0 Å². The molecule has 2 aliphatic rings. The quantitative estimate of drug-likeness (QED) is 0.677. The van der Waals surface area contributed by atoms with Crippen LogP contribution in [-0.4, -0.2) is 18.8 Å². The van der Waals surface area contributed by atoms with Crippen LogP contribution in [0.1, 0.15) is 31.2 Å². The summed E-state index contributed by atoms with van der Waals surface area (Å²) in [6.07, 6.45) is 7.72. The maximum absolute atomic E-state index is 11.6. The molecule has 0 aromatic heterocycles. The molecule has 1 aliphatic carbocycles. The van der Waals surface area contributed by atoms with Gasteiger partial charge in [-0.25, -0.2) is 5.48 Å². The van der Waals surface area contributed by atoms with E-state index in [0.29, 0.717) is 5.75 Å². The lowest BCUT2D eigenvalue weighted by Gasteiger charge is -2.09. The summed E-state index contributed by atoms with van der Waals surface area (Å²) >= 11 is 0. The number of hydroxylamine groups is 1. The van der Waals surface area contributed by atoms with E-state index in [2.05, 4.69) is 5.48 Å². The number of hydrogen-bond donors (Lipinski definition) is 1. The molecule has 1 N–H and O–H groups in total. The molecule has 1 heterocycles. The monoisotopic (exact) mass is 275 g/mol. The fourth-order valence-electron chi connectivity index (χ4n) is 2.37. The Morgan fingerprint density at radius 1 is 1.25 bits per heavy atom. The maximum atomic E-state index is 11.6. The van der Waals surface area contributed by atoms with Crippen molar-refractivity contribution in [3.8, 4) is 11.5 Å². The van der Waals surface area contributed by atoms with Gasteiger partial charge in [-0.05, 0) is 36.6 Å². The van der Waals surface area contributed by atoms with Crippen molar-refractivity contribution in [3.63, 3.8) is 0 Å². The van der Waals surface area contributed by atoms with Crippen molar-refractivity contribution in [2.45, 2.75) is 31.8 Å². The second kappa shape index (κ2) is 5.96. The average Bonchev–Trinajstić information content (AvgIpc) is 3.13. The van der Waals surface area contributed by atoms with Crippen LogP contribution in [0.15, 0.2) is 24.3 Å². The van der Waals surface area contributed by atoms with E-state index in [4.69, 9.17) is 14.3 Å². The standard InChI is InChI=1S/C15H17NO4/c17-15(16-20-12-3-1-2-4-12)8-6-11-5-7-13-14(9-11)19-10-18-13/h5-9,12H,1-4,10H2,(H,16,17)/b8-6+. The summed E-state index contributed by atoms with van der Waals surface area (Å²) in [6, 6.07) is 5.54. The fourth-order valence-corrected chi connectivity index (χ4v) is 2.37. The van der Waals surface area contributed by atoms with Crippen molar-refractivity contribution in [2.75, 3.05) is 6.79 Å². The number of rotatable bonds is 4. The number of carbonyl (C=O) groups is 1. The third-order valence-electron chi connectivity index (χ3n) is 3.45. The van der Waals surface area contributed by atoms with E-state index in [1.807, 2.05) is 18.2 Å². The summed E-state index contributed by atoms with van der Waals surface area (Å²) in [5.74, 6) is 1.18. The van der Waals surface area contributed by atoms with Crippen LogP contribution in [0, 0.1) is 0 Å². The number of hydrogen-bond acceptors (Lipinski definition) is 4. The van der Waals surface area contributed by atoms with Crippen molar-refractivity contribution < 1.29 is 19.1 Å². The van der Waals surface area contributed by atoms with Gasteiger partial charge < -0.3 is 9.47 Å². The van der Waals surface area contributed by atoms with Gasteiger partial charge in [0.1, 0.15) is 0 Å². The van der Waals surface area contributed by atoms with Crippen LogP contribution in [0.4, 0.5) is 0 Å². The third-order valence-corrected chi connectivity index (χ3v) is 3.45. The Labute approximate surface area is 117 Å². The predicted molar refractivity (Wildman–Crippen MR) is 73.1 cm³/mol. The second-order valence-corrected chi connectivity index (χ2v) is 4.94. The van der Waals surface area contributed by atoms with Crippen molar-refractivity contribution >= 4 is 12.0 Å². The molecule has 0 bridgehead atoms. The molecule has 1 fully saturated rings. The normalized spacial score (nSPS) is 17.8. The van der Waals surface area contributed by atoms with E-state index in [1.165, 1.54) is 18.9 Å². The smallest absolute Gasteiger partial charge is 0.267 e. The number of carbonyl (C=O) groups excluding carboxylic acids is 1. The van der Waals surface area contributed by atoms with E-state index >= 15 is 0 Å². The molecule has 0 radical (unpaired) electrons. The van der Waals surface area contributed by atoms with E-state index in [0.717, 1.165) is 24.2 Å². The third kappa shape index (κ3) is 3.11. The first-order valence-electron chi connectivity index (χ1n) is 6.84. The fraction of sp³-hybridized carbons (Fsp3) is 0.400. The molecule has 1 aliphatic heterocycles. The topological polar surface area (TPSA) is 56.8 Å². The van der Waals surface area contributed by atoms with E-state index in [-0.39, 0.29) is 18.8 Å². The average molecular weight is 275 g/mol. The van der Waals surface area contributed by atoms with E-state index in [1.54, 1.807) is 6.08 Å². The number of benzene rings is 1. The minimum absolute atomic E-state index is 0.165. The van der Waals surface area contributed by atoms with Gasteiger partial charge in [-0.1, -0.05) is 18.9 Å². The van der Waals surface area contributed by atoms with Crippen LogP contribution in [0.5, 0.6) is 11.5 Å². The van der Waals surface area contributed by atoms with Crippen molar-refractivity contribution in [1.82, 2.24) is 5.48 Å². The molecule has 5 heteroatoms. The highest BCUT2D eigenvalue weighted by atomic mass is 16.7. The van der Waals surface area contributed by atoms with Crippen molar-refractivity contribution in [1.29, 1.82) is 0 Å².